The minimum absolute atomic E-state index is 0.127. The van der Waals surface area contributed by atoms with Gasteiger partial charge in [0.1, 0.15) is 0 Å². The zero-order valence-corrected chi connectivity index (χ0v) is 8.36. The smallest absolute Gasteiger partial charge is 0.243 e. The quantitative estimate of drug-likeness (QED) is 0.751. The normalized spacial score (nSPS) is 24.0. The summed E-state index contributed by atoms with van der Waals surface area (Å²) in [5, 5.41) is 7.26. The second-order valence-electron chi connectivity index (χ2n) is 3.65. The third-order valence-electron chi connectivity index (χ3n) is 2.59. The van der Waals surface area contributed by atoms with Gasteiger partial charge in [-0.15, -0.1) is 0 Å². The van der Waals surface area contributed by atoms with Crippen molar-refractivity contribution in [1.29, 1.82) is 0 Å². The lowest BCUT2D eigenvalue weighted by Gasteiger charge is -2.02. The molecular weight excluding hydrogens is 180 g/mol. The maximum absolute atomic E-state index is 5.79. The highest BCUT2D eigenvalue weighted by molar-refractivity contribution is 4.98. The van der Waals surface area contributed by atoms with Crippen LogP contribution in [0.25, 0.3) is 0 Å². The Bertz CT molecular complexity index is 293. The predicted molar refractivity (Wildman–Crippen MR) is 51.5 cm³/mol. The van der Waals surface area contributed by atoms with Crippen LogP contribution in [0.5, 0.6) is 0 Å². The number of rotatable bonds is 3. The number of nitrogens with one attached hydrogen (secondary N) is 1. The van der Waals surface area contributed by atoms with Crippen molar-refractivity contribution in [2.24, 2.45) is 5.73 Å². The SMILES string of the molecule is CCC(N)c1nc(C2CCCN2)no1. The molecule has 1 aromatic rings. The summed E-state index contributed by atoms with van der Waals surface area (Å²) in [6.07, 6.45) is 3.08. The molecule has 0 bridgehead atoms. The highest BCUT2D eigenvalue weighted by Crippen LogP contribution is 2.21. The van der Waals surface area contributed by atoms with E-state index < -0.39 is 0 Å². The molecule has 0 saturated carbocycles. The molecule has 1 aromatic heterocycles. The highest BCUT2D eigenvalue weighted by atomic mass is 16.5. The first-order valence-corrected chi connectivity index (χ1v) is 5.13. The first kappa shape index (κ1) is 9.61. The second kappa shape index (κ2) is 4.06. The highest BCUT2D eigenvalue weighted by Gasteiger charge is 2.22. The lowest BCUT2D eigenvalue weighted by molar-refractivity contribution is 0.345. The molecule has 2 heterocycles. The van der Waals surface area contributed by atoms with Gasteiger partial charge in [-0.05, 0) is 25.8 Å². The lowest BCUT2D eigenvalue weighted by atomic mass is 10.2. The summed E-state index contributed by atoms with van der Waals surface area (Å²) in [7, 11) is 0. The average Bonchev–Trinajstić information content (AvgIpc) is 2.86. The van der Waals surface area contributed by atoms with Crippen LogP contribution in [0.4, 0.5) is 0 Å². The van der Waals surface area contributed by atoms with Gasteiger partial charge in [0, 0.05) is 0 Å². The minimum atomic E-state index is -0.127. The molecule has 1 fully saturated rings. The Balaban J connectivity index is 2.08. The van der Waals surface area contributed by atoms with Gasteiger partial charge in [-0.2, -0.15) is 4.98 Å². The van der Waals surface area contributed by atoms with Crippen molar-refractivity contribution < 1.29 is 4.52 Å². The molecule has 2 rings (SSSR count). The largest absolute Gasteiger partial charge is 0.338 e. The minimum Gasteiger partial charge on any atom is -0.338 e. The molecule has 0 spiro atoms. The molecule has 78 valence electrons. The van der Waals surface area contributed by atoms with Crippen LogP contribution in [0.3, 0.4) is 0 Å². The van der Waals surface area contributed by atoms with Gasteiger partial charge in [-0.25, -0.2) is 0 Å². The summed E-state index contributed by atoms with van der Waals surface area (Å²) in [6.45, 7) is 3.04. The third-order valence-corrected chi connectivity index (χ3v) is 2.59. The predicted octanol–water partition coefficient (Wildman–Crippen LogP) is 0.904. The zero-order chi connectivity index (χ0) is 9.97. The van der Waals surface area contributed by atoms with E-state index in [9.17, 15) is 0 Å². The zero-order valence-electron chi connectivity index (χ0n) is 8.36. The second-order valence-corrected chi connectivity index (χ2v) is 3.65. The molecule has 2 atom stereocenters. The van der Waals surface area contributed by atoms with Crippen molar-refractivity contribution in [3.05, 3.63) is 11.7 Å². The van der Waals surface area contributed by atoms with E-state index in [1.54, 1.807) is 0 Å². The van der Waals surface area contributed by atoms with E-state index in [1.165, 1.54) is 6.42 Å². The third kappa shape index (κ3) is 1.78. The number of hydrogen-bond donors (Lipinski definition) is 2. The maximum Gasteiger partial charge on any atom is 0.243 e. The summed E-state index contributed by atoms with van der Waals surface area (Å²) < 4.78 is 5.10. The Morgan fingerprint density at radius 1 is 1.71 bits per heavy atom. The molecular formula is C9H16N4O. The van der Waals surface area contributed by atoms with Crippen LogP contribution in [-0.2, 0) is 0 Å². The van der Waals surface area contributed by atoms with Crippen LogP contribution in [0.2, 0.25) is 0 Å². The fourth-order valence-corrected chi connectivity index (χ4v) is 1.62. The Morgan fingerprint density at radius 3 is 3.21 bits per heavy atom. The van der Waals surface area contributed by atoms with Gasteiger partial charge in [0.05, 0.1) is 12.1 Å². The molecule has 0 aliphatic carbocycles. The van der Waals surface area contributed by atoms with Gasteiger partial charge in [0.15, 0.2) is 5.82 Å². The van der Waals surface area contributed by atoms with Gasteiger partial charge in [-0.1, -0.05) is 12.1 Å². The summed E-state index contributed by atoms with van der Waals surface area (Å²) in [5.74, 6) is 1.30. The van der Waals surface area contributed by atoms with Crippen LogP contribution >= 0.6 is 0 Å². The topological polar surface area (TPSA) is 77.0 Å². The van der Waals surface area contributed by atoms with Crippen molar-refractivity contribution in [2.75, 3.05) is 6.54 Å². The lowest BCUT2D eigenvalue weighted by Crippen LogP contribution is -2.15. The van der Waals surface area contributed by atoms with Gasteiger partial charge in [0.2, 0.25) is 5.89 Å². The number of hydrogen-bond acceptors (Lipinski definition) is 5. The van der Waals surface area contributed by atoms with Crippen molar-refractivity contribution in [3.63, 3.8) is 0 Å². The van der Waals surface area contributed by atoms with Crippen LogP contribution in [0.15, 0.2) is 4.52 Å². The number of nitrogens with two attached hydrogens (primary N) is 1. The van der Waals surface area contributed by atoms with Gasteiger partial charge in [-0.3, -0.25) is 0 Å². The number of nitrogens with zero attached hydrogens (tertiary/aromatic N) is 2. The molecule has 5 nitrogen and oxygen atoms in total. The van der Waals surface area contributed by atoms with Crippen LogP contribution in [-0.4, -0.2) is 16.7 Å². The molecule has 2 unspecified atom stereocenters. The Labute approximate surface area is 83.1 Å². The maximum atomic E-state index is 5.79. The van der Waals surface area contributed by atoms with Gasteiger partial charge in [0.25, 0.3) is 0 Å². The first-order chi connectivity index (χ1) is 6.81. The molecule has 0 aromatic carbocycles. The molecule has 1 saturated heterocycles. The summed E-state index contributed by atoms with van der Waals surface area (Å²) in [6, 6.07) is 0.134. The molecule has 3 N–H and O–H groups in total. The molecule has 1 aliphatic rings. The molecule has 1 aliphatic heterocycles. The Morgan fingerprint density at radius 2 is 2.57 bits per heavy atom. The Hall–Kier alpha value is -0.940. The molecule has 0 radical (unpaired) electrons. The van der Waals surface area contributed by atoms with Crippen LogP contribution < -0.4 is 11.1 Å². The summed E-state index contributed by atoms with van der Waals surface area (Å²) >= 11 is 0. The van der Waals surface area contributed by atoms with E-state index in [0.717, 1.165) is 25.2 Å². The van der Waals surface area contributed by atoms with Gasteiger partial charge < -0.3 is 15.6 Å². The van der Waals surface area contributed by atoms with E-state index in [-0.39, 0.29) is 12.1 Å². The molecule has 14 heavy (non-hydrogen) atoms. The fourth-order valence-electron chi connectivity index (χ4n) is 1.62. The fraction of sp³-hybridized carbons (Fsp3) is 0.778. The molecule has 0 amide bonds. The van der Waals surface area contributed by atoms with Crippen molar-refractivity contribution in [3.8, 4) is 0 Å². The van der Waals surface area contributed by atoms with Crippen molar-refractivity contribution in [1.82, 2.24) is 15.5 Å². The first-order valence-electron chi connectivity index (χ1n) is 5.13. The van der Waals surface area contributed by atoms with E-state index in [0.29, 0.717) is 5.89 Å². The van der Waals surface area contributed by atoms with E-state index in [4.69, 9.17) is 10.3 Å². The standard InChI is InChI=1S/C9H16N4O/c1-2-6(10)9-12-8(13-14-9)7-4-3-5-11-7/h6-7,11H,2-5,10H2,1H3. The van der Waals surface area contributed by atoms with Crippen LogP contribution in [0.1, 0.15) is 50.0 Å². The monoisotopic (exact) mass is 196 g/mol. The van der Waals surface area contributed by atoms with E-state index in [2.05, 4.69) is 15.5 Å². The van der Waals surface area contributed by atoms with Crippen molar-refractivity contribution in [2.45, 2.75) is 38.3 Å². The van der Waals surface area contributed by atoms with Crippen LogP contribution in [0, 0.1) is 0 Å². The van der Waals surface area contributed by atoms with E-state index >= 15 is 0 Å². The molecule has 5 heteroatoms. The summed E-state index contributed by atoms with van der Waals surface area (Å²) in [4.78, 5) is 4.30. The Kier molecular flexibility index (Phi) is 2.79. The average molecular weight is 196 g/mol. The number of aromatic nitrogens is 2. The van der Waals surface area contributed by atoms with E-state index in [1.807, 2.05) is 6.92 Å². The van der Waals surface area contributed by atoms with Gasteiger partial charge >= 0.3 is 0 Å². The summed E-state index contributed by atoms with van der Waals surface area (Å²) in [5.41, 5.74) is 5.79. The van der Waals surface area contributed by atoms with Crippen molar-refractivity contribution >= 4 is 0 Å².